The number of nitrogens with one attached hydrogen (secondary N) is 1. The summed E-state index contributed by atoms with van der Waals surface area (Å²) < 4.78 is 1.51. The van der Waals surface area contributed by atoms with Crippen molar-refractivity contribution in [2.24, 2.45) is 0 Å². The zero-order valence-electron chi connectivity index (χ0n) is 9.44. The molecule has 0 amide bonds. The summed E-state index contributed by atoms with van der Waals surface area (Å²) in [5.41, 5.74) is -0.0331. The standard InChI is InChI=1S/C11H19N3O/c1-3-7-12-10(4-2)9-14-11(15)6-5-8-13-14/h5-6,8,10,12H,3-4,7,9H2,1-2H3. The maximum Gasteiger partial charge on any atom is 0.266 e. The molecule has 1 rings (SSSR count). The molecule has 0 radical (unpaired) electrons. The second-order valence-corrected chi connectivity index (χ2v) is 3.60. The van der Waals surface area contributed by atoms with Gasteiger partial charge in [-0.2, -0.15) is 5.10 Å². The highest BCUT2D eigenvalue weighted by Crippen LogP contribution is 1.93. The summed E-state index contributed by atoms with van der Waals surface area (Å²) in [7, 11) is 0. The molecule has 1 unspecified atom stereocenters. The van der Waals surface area contributed by atoms with Gasteiger partial charge in [0.2, 0.25) is 0 Å². The Morgan fingerprint density at radius 3 is 2.93 bits per heavy atom. The van der Waals surface area contributed by atoms with Crippen molar-refractivity contribution < 1.29 is 0 Å². The molecule has 15 heavy (non-hydrogen) atoms. The van der Waals surface area contributed by atoms with Crippen LogP contribution >= 0.6 is 0 Å². The fourth-order valence-electron chi connectivity index (χ4n) is 1.42. The number of aromatic nitrogens is 2. The van der Waals surface area contributed by atoms with Crippen LogP contribution in [0.25, 0.3) is 0 Å². The van der Waals surface area contributed by atoms with Crippen molar-refractivity contribution >= 4 is 0 Å². The third-order valence-electron chi connectivity index (χ3n) is 2.35. The molecular weight excluding hydrogens is 190 g/mol. The van der Waals surface area contributed by atoms with Crippen LogP contribution in [-0.4, -0.2) is 22.4 Å². The van der Waals surface area contributed by atoms with Crippen LogP contribution in [0.3, 0.4) is 0 Å². The first-order valence-corrected chi connectivity index (χ1v) is 5.53. The van der Waals surface area contributed by atoms with Crippen LogP contribution in [0.5, 0.6) is 0 Å². The Bertz CT molecular complexity index is 335. The topological polar surface area (TPSA) is 46.9 Å². The van der Waals surface area contributed by atoms with Crippen molar-refractivity contribution in [2.45, 2.75) is 39.3 Å². The zero-order valence-corrected chi connectivity index (χ0v) is 9.44. The largest absolute Gasteiger partial charge is 0.312 e. The van der Waals surface area contributed by atoms with E-state index in [9.17, 15) is 4.79 Å². The van der Waals surface area contributed by atoms with Gasteiger partial charge in [-0.15, -0.1) is 0 Å². The number of nitrogens with zero attached hydrogens (tertiary/aromatic N) is 2. The van der Waals surface area contributed by atoms with Crippen molar-refractivity contribution in [3.05, 3.63) is 28.7 Å². The highest BCUT2D eigenvalue weighted by Gasteiger charge is 2.06. The first-order chi connectivity index (χ1) is 7.27. The molecule has 4 heteroatoms. The van der Waals surface area contributed by atoms with Crippen LogP contribution in [0.1, 0.15) is 26.7 Å². The minimum absolute atomic E-state index is 0.0331. The Morgan fingerprint density at radius 1 is 1.53 bits per heavy atom. The van der Waals surface area contributed by atoms with Crippen molar-refractivity contribution in [1.82, 2.24) is 15.1 Å². The lowest BCUT2D eigenvalue weighted by molar-refractivity contribution is 0.406. The zero-order chi connectivity index (χ0) is 11.1. The molecule has 1 heterocycles. The summed E-state index contributed by atoms with van der Waals surface area (Å²) in [6.45, 7) is 5.88. The van der Waals surface area contributed by atoms with Gasteiger partial charge in [-0.3, -0.25) is 4.79 Å². The van der Waals surface area contributed by atoms with Gasteiger partial charge in [0.05, 0.1) is 6.54 Å². The highest BCUT2D eigenvalue weighted by atomic mass is 16.1. The van der Waals surface area contributed by atoms with E-state index in [0.29, 0.717) is 12.6 Å². The summed E-state index contributed by atoms with van der Waals surface area (Å²) in [6, 6.07) is 3.54. The minimum atomic E-state index is -0.0331. The third-order valence-corrected chi connectivity index (χ3v) is 2.35. The molecule has 84 valence electrons. The van der Waals surface area contributed by atoms with Crippen molar-refractivity contribution in [3.63, 3.8) is 0 Å². The number of hydrogen-bond acceptors (Lipinski definition) is 3. The van der Waals surface area contributed by atoms with E-state index >= 15 is 0 Å². The molecule has 1 aromatic rings. The van der Waals surface area contributed by atoms with Crippen molar-refractivity contribution in [1.29, 1.82) is 0 Å². The summed E-state index contributed by atoms with van der Waals surface area (Å²) in [6.07, 6.45) is 3.75. The molecule has 0 saturated carbocycles. The van der Waals surface area contributed by atoms with Gasteiger partial charge in [0.15, 0.2) is 0 Å². The lowest BCUT2D eigenvalue weighted by Crippen LogP contribution is -2.37. The molecule has 0 fully saturated rings. The van der Waals surface area contributed by atoms with Gasteiger partial charge in [-0.1, -0.05) is 13.8 Å². The first kappa shape index (κ1) is 11.9. The van der Waals surface area contributed by atoms with Crippen LogP contribution in [0.4, 0.5) is 0 Å². The molecule has 0 aromatic carbocycles. The van der Waals surface area contributed by atoms with E-state index in [4.69, 9.17) is 0 Å². The molecule has 1 aromatic heterocycles. The molecule has 0 aliphatic heterocycles. The quantitative estimate of drug-likeness (QED) is 0.761. The van der Waals surface area contributed by atoms with Gasteiger partial charge in [0, 0.05) is 18.3 Å². The van der Waals surface area contributed by atoms with Gasteiger partial charge >= 0.3 is 0 Å². The lowest BCUT2D eigenvalue weighted by atomic mass is 10.2. The monoisotopic (exact) mass is 209 g/mol. The lowest BCUT2D eigenvalue weighted by Gasteiger charge is -2.16. The van der Waals surface area contributed by atoms with Crippen molar-refractivity contribution in [3.8, 4) is 0 Å². The average molecular weight is 209 g/mol. The van der Waals surface area contributed by atoms with Gasteiger partial charge < -0.3 is 5.32 Å². The first-order valence-electron chi connectivity index (χ1n) is 5.53. The molecule has 1 N–H and O–H groups in total. The van der Waals surface area contributed by atoms with E-state index in [1.165, 1.54) is 4.68 Å². The SMILES string of the molecule is CCCNC(CC)Cn1ncccc1=O. The van der Waals surface area contributed by atoms with Crippen LogP contribution in [0, 0.1) is 0 Å². The minimum Gasteiger partial charge on any atom is -0.312 e. The van der Waals surface area contributed by atoms with E-state index < -0.39 is 0 Å². The Balaban J connectivity index is 2.58. The van der Waals surface area contributed by atoms with Gasteiger partial charge in [0.1, 0.15) is 0 Å². The molecule has 0 spiro atoms. The molecule has 0 saturated heterocycles. The fraction of sp³-hybridized carbons (Fsp3) is 0.636. The van der Waals surface area contributed by atoms with E-state index in [1.807, 2.05) is 0 Å². The van der Waals surface area contributed by atoms with Gasteiger partial charge in [-0.05, 0) is 25.5 Å². The van der Waals surface area contributed by atoms with Crippen molar-refractivity contribution in [2.75, 3.05) is 6.54 Å². The summed E-state index contributed by atoms with van der Waals surface area (Å²) in [5.74, 6) is 0. The molecule has 0 bridgehead atoms. The predicted molar refractivity (Wildman–Crippen MR) is 60.9 cm³/mol. The Kier molecular flexibility index (Phi) is 5.04. The smallest absolute Gasteiger partial charge is 0.266 e. The molecule has 0 aliphatic rings. The van der Waals surface area contributed by atoms with E-state index in [1.54, 1.807) is 18.3 Å². The fourth-order valence-corrected chi connectivity index (χ4v) is 1.42. The Labute approximate surface area is 90.3 Å². The van der Waals surface area contributed by atoms with Crippen LogP contribution in [-0.2, 0) is 6.54 Å². The maximum atomic E-state index is 11.4. The summed E-state index contributed by atoms with van der Waals surface area (Å²) in [4.78, 5) is 11.4. The molecular formula is C11H19N3O. The number of rotatable bonds is 6. The molecule has 1 atom stereocenters. The number of hydrogen-bond donors (Lipinski definition) is 1. The van der Waals surface area contributed by atoms with E-state index in [2.05, 4.69) is 24.3 Å². The third kappa shape index (κ3) is 3.83. The highest BCUT2D eigenvalue weighted by molar-refractivity contribution is 4.85. The second-order valence-electron chi connectivity index (χ2n) is 3.60. The second kappa shape index (κ2) is 6.35. The van der Waals surface area contributed by atoms with Crippen LogP contribution in [0.2, 0.25) is 0 Å². The van der Waals surface area contributed by atoms with E-state index in [-0.39, 0.29) is 5.56 Å². The predicted octanol–water partition coefficient (Wildman–Crippen LogP) is 1.02. The molecule has 4 nitrogen and oxygen atoms in total. The van der Waals surface area contributed by atoms with Gasteiger partial charge in [0.25, 0.3) is 5.56 Å². The normalized spacial score (nSPS) is 12.7. The average Bonchev–Trinajstić information content (AvgIpc) is 2.26. The van der Waals surface area contributed by atoms with Gasteiger partial charge in [-0.25, -0.2) is 4.68 Å². The van der Waals surface area contributed by atoms with E-state index in [0.717, 1.165) is 19.4 Å². The summed E-state index contributed by atoms with van der Waals surface area (Å²) >= 11 is 0. The van der Waals surface area contributed by atoms with Crippen LogP contribution < -0.4 is 10.9 Å². The maximum absolute atomic E-state index is 11.4. The Hall–Kier alpha value is -1.16. The summed E-state index contributed by atoms with van der Waals surface area (Å²) in [5, 5.41) is 7.43. The van der Waals surface area contributed by atoms with Crippen LogP contribution in [0.15, 0.2) is 23.1 Å². The Morgan fingerprint density at radius 2 is 2.33 bits per heavy atom. The molecule has 0 aliphatic carbocycles.